The van der Waals surface area contributed by atoms with Crippen molar-refractivity contribution in [2.45, 2.75) is 167 Å². The zero-order chi connectivity index (χ0) is 51.2. The number of aromatic nitrogens is 2. The molecule has 0 radical (unpaired) electrons. The quantitative estimate of drug-likeness (QED) is 0.0268. The van der Waals surface area contributed by atoms with Gasteiger partial charge in [0.2, 0.25) is 11.8 Å². The smallest absolute Gasteiger partial charge is 0.237 e. The average Bonchev–Trinajstić information content (AvgIpc) is 4.17. The van der Waals surface area contributed by atoms with Crippen LogP contribution in [0.3, 0.4) is 0 Å². The molecule has 71 heavy (non-hydrogen) atoms. The molecule has 2 aliphatic rings. The van der Waals surface area contributed by atoms with Gasteiger partial charge in [-0.15, -0.1) is 22.7 Å². The van der Waals surface area contributed by atoms with E-state index < -0.39 is 61.3 Å². The van der Waals surface area contributed by atoms with Crippen LogP contribution in [0.25, 0.3) is 20.9 Å². The maximum Gasteiger partial charge on any atom is 0.237 e. The highest BCUT2D eigenvalue weighted by Crippen LogP contribution is 2.30. The number of amides is 2. The SMILES string of the molecule is Cc1ncsc1-c1ccc(CNC(=O)C2C[C@H](O)CN2C(O)C(CCCSCC(NC(=O)CCC(C)C)C(O)N2C[C@H](O)CC2C(O)NCc2ccc(-c3scnc3C)cc2)NC(O)CCC(C)C)cc1. The van der Waals surface area contributed by atoms with E-state index in [1.54, 1.807) is 32.5 Å². The summed E-state index contributed by atoms with van der Waals surface area (Å²) in [6, 6.07) is 13.2. The van der Waals surface area contributed by atoms with Gasteiger partial charge in [0.05, 0.1) is 62.5 Å². The van der Waals surface area contributed by atoms with Crippen molar-refractivity contribution in [3.63, 3.8) is 0 Å². The molecule has 0 spiro atoms. The number of aliphatic hydroxyl groups excluding tert-OH is 6. The first-order valence-electron chi connectivity index (χ1n) is 25.2. The molecule has 2 aromatic carbocycles. The number of hydrogen-bond acceptors (Lipinski definition) is 17. The number of carbonyl (C=O) groups excluding carboxylic acids is 2. The minimum Gasteiger partial charge on any atom is -0.392 e. The molecule has 16 nitrogen and oxygen atoms in total. The first-order chi connectivity index (χ1) is 34.0. The molecule has 0 aliphatic carbocycles. The van der Waals surface area contributed by atoms with Gasteiger partial charge < -0.3 is 41.3 Å². The molecule has 2 fully saturated rings. The molecule has 392 valence electrons. The van der Waals surface area contributed by atoms with Crippen LogP contribution in [0.2, 0.25) is 0 Å². The first-order valence-corrected chi connectivity index (χ1v) is 28.1. The number of aliphatic hydroxyl groups is 6. The van der Waals surface area contributed by atoms with E-state index in [0.717, 1.165) is 49.8 Å². The van der Waals surface area contributed by atoms with E-state index >= 15 is 0 Å². The highest BCUT2D eigenvalue weighted by Gasteiger charge is 2.43. The Hall–Kier alpha value is -3.41. The number of rotatable bonds is 28. The number of likely N-dealkylation sites (tertiary alicyclic amines) is 2. The number of hydrogen-bond donors (Lipinski definition) is 10. The third-order valence-electron chi connectivity index (χ3n) is 13.5. The Balaban J connectivity index is 1.06. The number of aryl methyl sites for hydroxylation is 2. The highest BCUT2D eigenvalue weighted by molar-refractivity contribution is 7.99. The van der Waals surface area contributed by atoms with Crippen LogP contribution in [0.5, 0.6) is 0 Å². The monoisotopic (exact) mass is 1040 g/mol. The van der Waals surface area contributed by atoms with Crippen LogP contribution in [0, 0.1) is 25.7 Å². The molecule has 4 aromatic rings. The molecule has 19 heteroatoms. The van der Waals surface area contributed by atoms with Gasteiger partial charge in [0.15, 0.2) is 0 Å². The van der Waals surface area contributed by atoms with Gasteiger partial charge in [-0.2, -0.15) is 11.8 Å². The summed E-state index contributed by atoms with van der Waals surface area (Å²) < 4.78 is 0. The summed E-state index contributed by atoms with van der Waals surface area (Å²) in [7, 11) is 0. The van der Waals surface area contributed by atoms with Crippen LogP contribution in [0.15, 0.2) is 59.6 Å². The van der Waals surface area contributed by atoms with E-state index in [0.29, 0.717) is 62.0 Å². The van der Waals surface area contributed by atoms with Crippen molar-refractivity contribution in [1.29, 1.82) is 0 Å². The van der Waals surface area contributed by atoms with E-state index in [2.05, 4.69) is 45.1 Å². The second kappa shape index (κ2) is 27.8. The normalized spacial score (nSPS) is 21.4. The molecule has 6 rings (SSSR count). The van der Waals surface area contributed by atoms with E-state index in [1.807, 2.05) is 87.2 Å². The fourth-order valence-corrected chi connectivity index (χ4v) is 12.0. The summed E-state index contributed by atoms with van der Waals surface area (Å²) in [5.41, 5.74) is 9.58. The number of β-amino-alcohol motifs (C(OH)–C–C–N with tert-alkyl or cyclic N) is 2. The molecule has 0 saturated carbocycles. The number of benzene rings is 2. The molecule has 2 aliphatic heterocycles. The lowest BCUT2D eigenvalue weighted by molar-refractivity contribution is -0.131. The van der Waals surface area contributed by atoms with Crippen molar-refractivity contribution < 1.29 is 40.2 Å². The second-order valence-electron chi connectivity index (χ2n) is 20.1. The van der Waals surface area contributed by atoms with Gasteiger partial charge in [0.1, 0.15) is 24.9 Å². The maximum absolute atomic E-state index is 13.7. The number of carbonyl (C=O) groups is 2. The predicted octanol–water partition coefficient (Wildman–Crippen LogP) is 4.93. The van der Waals surface area contributed by atoms with Crippen LogP contribution in [-0.4, -0.2) is 148 Å². The fourth-order valence-electron chi connectivity index (χ4n) is 9.36. The number of thioether (sulfide) groups is 1. The van der Waals surface area contributed by atoms with Gasteiger partial charge in [0.25, 0.3) is 0 Å². The standard InChI is InChI=1S/C52H78N8O8S3/c1-31(2)9-19-45(63)57-41(51(67)59-26-39(61)22-43(59)49(65)53-24-35-11-15-37(16-12-35)47-33(5)55-29-70-47)8-7-21-69-28-42(58-46(64)20-10-32(3)4)52(68)60-27-40(62)23-44(60)50(66)54-25-36-13-17-38(18-14-36)48-34(6)56-30-71-48/h11-18,29-32,39-45,50-52,54,57,61-63,66-68H,7-10,19-28H2,1-6H3,(H,53,65)(H,58,64)/t39-,40+,41?,42?,43?,44?,45?,50?,51?,52?/m0/s1. The van der Waals surface area contributed by atoms with Gasteiger partial charge in [-0.3, -0.25) is 30.0 Å². The summed E-state index contributed by atoms with van der Waals surface area (Å²) in [4.78, 5) is 41.3. The summed E-state index contributed by atoms with van der Waals surface area (Å²) in [5.74, 6) is 1.07. The Morgan fingerprint density at radius 1 is 0.732 bits per heavy atom. The Morgan fingerprint density at radius 3 is 1.87 bits per heavy atom. The summed E-state index contributed by atoms with van der Waals surface area (Å²) >= 11 is 4.69. The number of nitrogens with one attached hydrogen (secondary N) is 4. The molecule has 4 heterocycles. The van der Waals surface area contributed by atoms with Crippen molar-refractivity contribution in [2.24, 2.45) is 11.8 Å². The lowest BCUT2D eigenvalue weighted by Crippen LogP contribution is -2.58. The molecule has 2 saturated heterocycles. The minimum absolute atomic E-state index is 0.0879. The third kappa shape index (κ3) is 16.8. The average molecular weight is 1040 g/mol. The lowest BCUT2D eigenvalue weighted by atomic mass is 10.0. The van der Waals surface area contributed by atoms with E-state index in [4.69, 9.17) is 0 Å². The third-order valence-corrected chi connectivity index (χ3v) is 16.6. The van der Waals surface area contributed by atoms with Gasteiger partial charge in [-0.05, 0) is 98.6 Å². The Labute approximate surface area is 432 Å². The predicted molar refractivity (Wildman–Crippen MR) is 283 cm³/mol. The zero-order valence-electron chi connectivity index (χ0n) is 42.1. The molecule has 10 N–H and O–H groups in total. The fraction of sp³-hybridized carbons (Fsp3) is 0.615. The van der Waals surface area contributed by atoms with E-state index in [1.165, 1.54) is 11.8 Å². The largest absolute Gasteiger partial charge is 0.392 e. The van der Waals surface area contributed by atoms with Crippen molar-refractivity contribution in [1.82, 2.24) is 41.0 Å². The molecule has 2 aromatic heterocycles. The van der Waals surface area contributed by atoms with Crippen LogP contribution < -0.4 is 21.3 Å². The van der Waals surface area contributed by atoms with Crippen LogP contribution >= 0.6 is 34.4 Å². The van der Waals surface area contributed by atoms with E-state index in [9.17, 15) is 40.2 Å². The number of thiazole rings is 2. The molecular weight excluding hydrogens is 961 g/mol. The Morgan fingerprint density at radius 2 is 1.30 bits per heavy atom. The van der Waals surface area contributed by atoms with Gasteiger partial charge in [-0.25, -0.2) is 9.97 Å². The Kier molecular flexibility index (Phi) is 22.2. The van der Waals surface area contributed by atoms with Crippen molar-refractivity contribution >= 4 is 46.2 Å². The van der Waals surface area contributed by atoms with Crippen molar-refractivity contribution in [3.8, 4) is 20.9 Å². The molecule has 10 atom stereocenters. The Bertz CT molecular complexity index is 2230. The maximum atomic E-state index is 13.7. The zero-order valence-corrected chi connectivity index (χ0v) is 44.6. The van der Waals surface area contributed by atoms with Gasteiger partial charge in [-0.1, -0.05) is 76.2 Å². The van der Waals surface area contributed by atoms with E-state index in [-0.39, 0.29) is 44.3 Å². The van der Waals surface area contributed by atoms with Crippen LogP contribution in [0.4, 0.5) is 0 Å². The molecule has 2 amide bonds. The van der Waals surface area contributed by atoms with Gasteiger partial charge in [0, 0.05) is 44.4 Å². The minimum atomic E-state index is -1.21. The van der Waals surface area contributed by atoms with Gasteiger partial charge >= 0.3 is 0 Å². The van der Waals surface area contributed by atoms with Crippen molar-refractivity contribution in [2.75, 3.05) is 24.6 Å². The lowest BCUT2D eigenvalue weighted by Gasteiger charge is -2.37. The molecule has 0 bridgehead atoms. The molecular formula is C52H78N8O8S3. The highest BCUT2D eigenvalue weighted by atomic mass is 32.2. The van der Waals surface area contributed by atoms with Crippen LogP contribution in [0.1, 0.15) is 102 Å². The van der Waals surface area contributed by atoms with Crippen LogP contribution in [-0.2, 0) is 22.7 Å². The number of nitrogens with zero attached hydrogens (tertiary/aromatic N) is 4. The summed E-state index contributed by atoms with van der Waals surface area (Å²) in [6.45, 7) is 13.1. The van der Waals surface area contributed by atoms with Crippen molar-refractivity contribution in [3.05, 3.63) is 82.1 Å². The summed E-state index contributed by atoms with van der Waals surface area (Å²) in [5, 5.41) is 80.7. The summed E-state index contributed by atoms with van der Waals surface area (Å²) in [6.07, 6.45) is -2.44. The second-order valence-corrected chi connectivity index (χ2v) is 23.0. The topological polar surface area (TPSA) is 236 Å². The first kappa shape index (κ1) is 56.9. The molecule has 8 unspecified atom stereocenters.